The van der Waals surface area contributed by atoms with Crippen molar-refractivity contribution in [3.8, 4) is 11.5 Å². The van der Waals surface area contributed by atoms with Crippen molar-refractivity contribution in [2.45, 2.75) is 37.5 Å². The molecule has 0 unspecified atom stereocenters. The number of fused-ring (bicyclic) bond motifs is 3. The van der Waals surface area contributed by atoms with Gasteiger partial charge in [-0.25, -0.2) is 9.97 Å². The summed E-state index contributed by atoms with van der Waals surface area (Å²) in [7, 11) is 0. The molecule has 3 aromatic heterocycles. The summed E-state index contributed by atoms with van der Waals surface area (Å²) >= 11 is 0. The highest BCUT2D eigenvalue weighted by Crippen LogP contribution is 2.42. The first-order chi connectivity index (χ1) is 11.8. The molecule has 0 aromatic carbocycles. The van der Waals surface area contributed by atoms with Crippen molar-refractivity contribution in [1.82, 2.24) is 18.9 Å². The molecule has 2 aliphatic heterocycles. The fourth-order valence-corrected chi connectivity index (χ4v) is 3.78. The molecular weight excluding hydrogens is 308 g/mol. The Kier molecular flexibility index (Phi) is 3.78. The number of pyridine rings is 1. The van der Waals surface area contributed by atoms with E-state index in [1.807, 2.05) is 36.8 Å². The standard InChI is InChI=1S/C16H16N4O.CH2O2/c1-2-7-19-13(10-18-15(19)3-1)16-17-6-8-20(16)12-9-11-4-5-14(12)21-11;2-1-3/h1-3,6-8,10-12,14H,4-5,9H2;1H,(H,2,3)/t11-,12+,14+;/m0./s1. The van der Waals surface area contributed by atoms with E-state index >= 15 is 0 Å². The average Bonchev–Trinajstić information content (AvgIpc) is 3.37. The van der Waals surface area contributed by atoms with Crippen LogP contribution in [0.5, 0.6) is 0 Å². The Morgan fingerprint density at radius 2 is 2.12 bits per heavy atom. The van der Waals surface area contributed by atoms with E-state index in [0.29, 0.717) is 18.2 Å². The summed E-state index contributed by atoms with van der Waals surface area (Å²) in [5, 5.41) is 6.89. The van der Waals surface area contributed by atoms with Crippen LogP contribution in [0, 0.1) is 0 Å². The first-order valence-corrected chi connectivity index (χ1v) is 8.00. The van der Waals surface area contributed by atoms with Gasteiger partial charge >= 0.3 is 0 Å². The molecule has 2 aliphatic rings. The molecule has 2 saturated heterocycles. The minimum atomic E-state index is -0.250. The molecular formula is C17H18N4O3. The summed E-state index contributed by atoms with van der Waals surface area (Å²) in [6.07, 6.45) is 12.2. The van der Waals surface area contributed by atoms with Crippen molar-refractivity contribution >= 4 is 12.1 Å². The Balaban J connectivity index is 0.000000455. The minimum Gasteiger partial charge on any atom is -0.483 e. The van der Waals surface area contributed by atoms with Crippen LogP contribution in [0.1, 0.15) is 25.3 Å². The number of nitrogens with zero attached hydrogens (tertiary/aromatic N) is 4. The molecule has 0 spiro atoms. The van der Waals surface area contributed by atoms with E-state index in [4.69, 9.17) is 14.6 Å². The quantitative estimate of drug-likeness (QED) is 0.731. The molecule has 3 aromatic rings. The molecule has 2 fully saturated rings. The number of carbonyl (C=O) groups is 1. The van der Waals surface area contributed by atoms with Crippen LogP contribution in [0.15, 0.2) is 43.0 Å². The maximum Gasteiger partial charge on any atom is 0.290 e. The zero-order chi connectivity index (χ0) is 16.5. The van der Waals surface area contributed by atoms with Gasteiger partial charge in [-0.15, -0.1) is 0 Å². The molecule has 0 radical (unpaired) electrons. The fraction of sp³-hybridized carbons (Fsp3) is 0.353. The number of ether oxygens (including phenoxy) is 1. The summed E-state index contributed by atoms with van der Waals surface area (Å²) in [6, 6.07) is 6.45. The van der Waals surface area contributed by atoms with Gasteiger partial charge in [0.25, 0.3) is 6.47 Å². The number of rotatable bonds is 2. The zero-order valence-electron chi connectivity index (χ0n) is 13.0. The number of hydrogen-bond acceptors (Lipinski definition) is 4. The predicted molar refractivity (Wildman–Crippen MR) is 86.7 cm³/mol. The third-order valence-corrected chi connectivity index (χ3v) is 4.75. The normalized spacial score (nSPS) is 24.8. The molecule has 7 nitrogen and oxygen atoms in total. The van der Waals surface area contributed by atoms with E-state index in [2.05, 4.69) is 25.1 Å². The average molecular weight is 326 g/mol. The lowest BCUT2D eigenvalue weighted by Gasteiger charge is -2.22. The summed E-state index contributed by atoms with van der Waals surface area (Å²) in [6.45, 7) is -0.250. The highest BCUT2D eigenvalue weighted by molar-refractivity contribution is 5.57. The van der Waals surface area contributed by atoms with Crippen LogP contribution in [0.3, 0.4) is 0 Å². The fourth-order valence-electron chi connectivity index (χ4n) is 3.78. The van der Waals surface area contributed by atoms with Gasteiger partial charge in [-0.2, -0.15) is 0 Å². The summed E-state index contributed by atoms with van der Waals surface area (Å²) in [4.78, 5) is 17.4. The number of hydrogen-bond donors (Lipinski definition) is 1. The molecule has 3 atom stereocenters. The van der Waals surface area contributed by atoms with Gasteiger partial charge in [-0.3, -0.25) is 9.20 Å². The highest BCUT2D eigenvalue weighted by Gasteiger charge is 2.42. The summed E-state index contributed by atoms with van der Waals surface area (Å²) in [5.41, 5.74) is 1.99. The van der Waals surface area contributed by atoms with Gasteiger partial charge in [0.1, 0.15) is 11.3 Å². The van der Waals surface area contributed by atoms with E-state index in [1.54, 1.807) is 0 Å². The van der Waals surface area contributed by atoms with Crippen LogP contribution in [0.25, 0.3) is 17.2 Å². The first kappa shape index (κ1) is 14.9. The van der Waals surface area contributed by atoms with Gasteiger partial charge in [-0.1, -0.05) is 6.07 Å². The van der Waals surface area contributed by atoms with Crippen molar-refractivity contribution in [2.75, 3.05) is 0 Å². The van der Waals surface area contributed by atoms with Gasteiger partial charge in [0.15, 0.2) is 5.82 Å². The van der Waals surface area contributed by atoms with Crippen LogP contribution in [0.2, 0.25) is 0 Å². The van der Waals surface area contributed by atoms with Crippen molar-refractivity contribution in [2.24, 2.45) is 0 Å². The number of carboxylic acid groups (broad SMARTS) is 1. The van der Waals surface area contributed by atoms with Crippen LogP contribution >= 0.6 is 0 Å². The first-order valence-electron chi connectivity index (χ1n) is 8.00. The predicted octanol–water partition coefficient (Wildman–Crippen LogP) is 2.39. The van der Waals surface area contributed by atoms with Crippen LogP contribution in [-0.4, -0.2) is 42.7 Å². The number of aromatic nitrogens is 4. The Morgan fingerprint density at radius 3 is 2.88 bits per heavy atom. The largest absolute Gasteiger partial charge is 0.483 e. The topological polar surface area (TPSA) is 81.6 Å². The molecule has 1 N–H and O–H groups in total. The molecule has 2 bridgehead atoms. The van der Waals surface area contributed by atoms with E-state index in [1.165, 1.54) is 12.8 Å². The maximum absolute atomic E-state index is 8.36. The van der Waals surface area contributed by atoms with E-state index in [0.717, 1.165) is 23.6 Å². The minimum absolute atomic E-state index is 0.250. The lowest BCUT2D eigenvalue weighted by molar-refractivity contribution is -0.122. The van der Waals surface area contributed by atoms with Gasteiger partial charge in [0.2, 0.25) is 0 Å². The molecule has 124 valence electrons. The second-order valence-electron chi connectivity index (χ2n) is 6.01. The maximum atomic E-state index is 8.36. The summed E-state index contributed by atoms with van der Waals surface area (Å²) in [5.74, 6) is 0.981. The molecule has 5 rings (SSSR count). The third kappa shape index (κ3) is 2.37. The molecule has 7 heteroatoms. The third-order valence-electron chi connectivity index (χ3n) is 4.75. The molecule has 5 heterocycles. The Hall–Kier alpha value is -2.67. The van der Waals surface area contributed by atoms with E-state index < -0.39 is 0 Å². The highest BCUT2D eigenvalue weighted by atomic mass is 16.5. The smallest absolute Gasteiger partial charge is 0.290 e. The summed E-state index contributed by atoms with van der Waals surface area (Å²) < 4.78 is 10.4. The number of imidazole rings is 2. The van der Waals surface area contributed by atoms with Crippen LogP contribution in [-0.2, 0) is 9.53 Å². The van der Waals surface area contributed by atoms with Crippen LogP contribution < -0.4 is 0 Å². The van der Waals surface area contributed by atoms with Gasteiger partial charge in [0.05, 0.1) is 24.4 Å². The second kappa shape index (κ2) is 6.09. The van der Waals surface area contributed by atoms with Crippen LogP contribution in [0.4, 0.5) is 0 Å². The van der Waals surface area contributed by atoms with Crippen molar-refractivity contribution in [3.05, 3.63) is 43.0 Å². The van der Waals surface area contributed by atoms with E-state index in [-0.39, 0.29) is 6.47 Å². The van der Waals surface area contributed by atoms with Gasteiger partial charge in [-0.05, 0) is 31.4 Å². The molecule has 0 saturated carbocycles. The Morgan fingerprint density at radius 1 is 1.25 bits per heavy atom. The van der Waals surface area contributed by atoms with Crippen molar-refractivity contribution in [1.29, 1.82) is 0 Å². The second-order valence-corrected chi connectivity index (χ2v) is 6.01. The molecule has 24 heavy (non-hydrogen) atoms. The van der Waals surface area contributed by atoms with E-state index in [9.17, 15) is 0 Å². The zero-order valence-corrected chi connectivity index (χ0v) is 13.0. The Bertz CT molecular complexity index is 856. The molecule has 0 amide bonds. The van der Waals surface area contributed by atoms with Gasteiger partial charge < -0.3 is 14.4 Å². The Labute approximate surface area is 138 Å². The monoisotopic (exact) mass is 326 g/mol. The lowest BCUT2D eigenvalue weighted by atomic mass is 9.95. The lowest BCUT2D eigenvalue weighted by Crippen LogP contribution is -2.21. The SMILES string of the molecule is O=CO.c1ccn2c(-c3nccn3[C@@H]3C[C@@H]4CC[C@H]3O4)cnc2c1. The van der Waals surface area contributed by atoms with Crippen molar-refractivity contribution < 1.29 is 14.6 Å². The van der Waals surface area contributed by atoms with Crippen molar-refractivity contribution in [3.63, 3.8) is 0 Å². The van der Waals surface area contributed by atoms with Gasteiger partial charge in [0, 0.05) is 18.6 Å². The molecule has 0 aliphatic carbocycles.